The van der Waals surface area contributed by atoms with Gasteiger partial charge in [0, 0.05) is 11.1 Å². The molecule has 0 unspecified atom stereocenters. The minimum Gasteiger partial charge on any atom is -0.506 e. The highest BCUT2D eigenvalue weighted by Crippen LogP contribution is 2.26. The van der Waals surface area contributed by atoms with Crippen LogP contribution in [-0.4, -0.2) is 15.1 Å². The number of phenolic OH excluding ortho intramolecular Hbond substituents is 1. The first-order chi connectivity index (χ1) is 20.0. The Morgan fingerprint density at radius 2 is 1.07 bits per heavy atom. The fourth-order valence-electron chi connectivity index (χ4n) is 4.33. The molecule has 0 saturated carbocycles. The van der Waals surface area contributed by atoms with Crippen molar-refractivity contribution >= 4 is 40.0 Å². The van der Waals surface area contributed by atoms with Gasteiger partial charge in [0.15, 0.2) is 11.2 Å². The molecule has 0 atom stereocenters. The van der Waals surface area contributed by atoms with Gasteiger partial charge in [-0.3, -0.25) is 0 Å². The molecule has 0 amide bonds. The lowest BCUT2D eigenvalue weighted by Gasteiger charge is -1.99. The average Bonchev–Trinajstić information content (AvgIpc) is 3.64. The lowest BCUT2D eigenvalue weighted by Crippen LogP contribution is -1.85. The normalized spacial score (nSPS) is 11.1. The number of rotatable bonds is 4. The predicted octanol–water partition coefficient (Wildman–Crippen LogP) is 8.76. The zero-order valence-electron chi connectivity index (χ0n) is 22.4. The molecule has 0 aliphatic rings. The number of hydrogen-bond acceptors (Lipinski definition) is 6. The number of nitrogen functional groups attached to an aromatic ring is 1. The highest BCUT2D eigenvalue weighted by atomic mass is 16.4. The predicted molar refractivity (Wildman–Crippen MR) is 165 cm³/mol. The Kier molecular flexibility index (Phi) is 7.03. The van der Waals surface area contributed by atoms with E-state index < -0.39 is 0 Å². The molecule has 0 aliphatic heterocycles. The number of phenols is 1. The number of nitrogens with two attached hydrogens (primary N) is 1. The Morgan fingerprint density at radius 3 is 1.49 bits per heavy atom. The second-order valence-electron chi connectivity index (χ2n) is 9.61. The van der Waals surface area contributed by atoms with Crippen LogP contribution in [0.25, 0.3) is 57.3 Å². The molecular formula is C35H27N3O3. The third-order valence-corrected chi connectivity index (χ3v) is 6.55. The maximum atomic E-state index is 8.92. The van der Waals surface area contributed by atoms with Gasteiger partial charge in [-0.25, -0.2) is 9.97 Å². The number of aromatic nitrogens is 2. The quantitative estimate of drug-likeness (QED) is 0.132. The van der Waals surface area contributed by atoms with Gasteiger partial charge in [0.1, 0.15) is 16.8 Å². The molecule has 2 heterocycles. The van der Waals surface area contributed by atoms with Gasteiger partial charge in [-0.2, -0.15) is 0 Å². The van der Waals surface area contributed by atoms with E-state index in [1.807, 2.05) is 85.8 Å². The number of hydrogen-bond donors (Lipinski definition) is 2. The van der Waals surface area contributed by atoms with Crippen LogP contribution in [0.4, 0.5) is 5.69 Å². The van der Waals surface area contributed by atoms with E-state index in [0.29, 0.717) is 17.5 Å². The summed E-state index contributed by atoms with van der Waals surface area (Å²) in [5.74, 6) is 1.42. The third-order valence-electron chi connectivity index (χ3n) is 6.55. The number of para-hydroxylation sites is 4. The summed E-state index contributed by atoms with van der Waals surface area (Å²) >= 11 is 0. The summed E-state index contributed by atoms with van der Waals surface area (Å²) < 4.78 is 11.7. The number of aryl methyl sites for hydroxylation is 1. The van der Waals surface area contributed by atoms with E-state index in [9.17, 15) is 0 Å². The van der Waals surface area contributed by atoms with Crippen molar-refractivity contribution in [1.82, 2.24) is 9.97 Å². The molecule has 6 heteroatoms. The van der Waals surface area contributed by atoms with Crippen molar-refractivity contribution < 1.29 is 13.9 Å². The first kappa shape index (κ1) is 25.6. The van der Waals surface area contributed by atoms with E-state index in [1.165, 1.54) is 0 Å². The number of aromatic hydroxyl groups is 1. The highest BCUT2D eigenvalue weighted by molar-refractivity contribution is 5.78. The summed E-state index contributed by atoms with van der Waals surface area (Å²) in [5.41, 5.74) is 14.3. The van der Waals surface area contributed by atoms with Gasteiger partial charge >= 0.3 is 0 Å². The van der Waals surface area contributed by atoms with Gasteiger partial charge in [-0.15, -0.1) is 0 Å². The van der Waals surface area contributed by atoms with Crippen LogP contribution in [-0.2, 0) is 0 Å². The minimum absolute atomic E-state index is 0.153. The monoisotopic (exact) mass is 537 g/mol. The molecule has 5 aromatic carbocycles. The van der Waals surface area contributed by atoms with Gasteiger partial charge < -0.3 is 19.7 Å². The summed E-state index contributed by atoms with van der Waals surface area (Å²) in [7, 11) is 0. The van der Waals surface area contributed by atoms with Crippen molar-refractivity contribution in [3.63, 3.8) is 0 Å². The Morgan fingerprint density at radius 1 is 0.610 bits per heavy atom. The van der Waals surface area contributed by atoms with Gasteiger partial charge in [-0.1, -0.05) is 66.7 Å². The molecule has 200 valence electrons. The van der Waals surface area contributed by atoms with Crippen LogP contribution in [0.1, 0.15) is 16.7 Å². The van der Waals surface area contributed by atoms with E-state index in [2.05, 4.69) is 46.4 Å². The molecule has 0 radical (unpaired) electrons. The Balaban J connectivity index is 0.000000289. The summed E-state index contributed by atoms with van der Waals surface area (Å²) in [4.78, 5) is 9.11. The first-order valence-corrected chi connectivity index (χ1v) is 13.2. The van der Waals surface area contributed by atoms with Crippen molar-refractivity contribution in [1.29, 1.82) is 0 Å². The minimum atomic E-state index is 0.153. The topological polar surface area (TPSA) is 98.3 Å². The maximum Gasteiger partial charge on any atom is 0.227 e. The van der Waals surface area contributed by atoms with Crippen LogP contribution in [0, 0.1) is 6.92 Å². The number of oxazole rings is 2. The molecule has 0 aliphatic carbocycles. The lowest BCUT2D eigenvalue weighted by atomic mass is 10.1. The lowest BCUT2D eigenvalue weighted by molar-refractivity contribution is 0.478. The highest BCUT2D eigenvalue weighted by Gasteiger charge is 2.08. The SMILES string of the molecule is C(=C\c1ccc(-c2nc3ccccc3o2)cc1)/c1ccc(-c2nc3ccccc3o2)cc1.Cc1ccc(O)c(N)c1. The van der Waals surface area contributed by atoms with Gasteiger partial charge in [0.25, 0.3) is 0 Å². The Labute approximate surface area is 237 Å². The molecule has 3 N–H and O–H groups in total. The molecule has 41 heavy (non-hydrogen) atoms. The van der Waals surface area contributed by atoms with Crippen molar-refractivity contribution in [2.24, 2.45) is 0 Å². The Hall–Kier alpha value is -5.62. The van der Waals surface area contributed by atoms with Crippen LogP contribution in [0.15, 0.2) is 124 Å². The van der Waals surface area contributed by atoms with Crippen LogP contribution >= 0.6 is 0 Å². The van der Waals surface area contributed by atoms with E-state index in [0.717, 1.165) is 50.0 Å². The first-order valence-electron chi connectivity index (χ1n) is 13.2. The summed E-state index contributed by atoms with van der Waals surface area (Å²) in [5, 5.41) is 8.92. The van der Waals surface area contributed by atoms with E-state index in [-0.39, 0.29) is 5.75 Å². The fourth-order valence-corrected chi connectivity index (χ4v) is 4.33. The van der Waals surface area contributed by atoms with E-state index in [1.54, 1.807) is 12.1 Å². The van der Waals surface area contributed by atoms with Crippen molar-refractivity contribution in [2.45, 2.75) is 6.92 Å². The summed E-state index contributed by atoms with van der Waals surface area (Å²) in [6.07, 6.45) is 4.18. The molecule has 0 bridgehead atoms. The second kappa shape index (κ2) is 11.2. The van der Waals surface area contributed by atoms with Crippen LogP contribution < -0.4 is 5.73 Å². The van der Waals surface area contributed by atoms with Gasteiger partial charge in [-0.05, 0) is 84.3 Å². The Bertz CT molecular complexity index is 1780. The third kappa shape index (κ3) is 5.87. The molecule has 0 saturated heterocycles. The molecule has 2 aromatic heterocycles. The van der Waals surface area contributed by atoms with E-state index in [4.69, 9.17) is 19.7 Å². The molecule has 6 nitrogen and oxygen atoms in total. The fraction of sp³-hybridized carbons (Fsp3) is 0.0286. The van der Waals surface area contributed by atoms with Gasteiger partial charge in [0.05, 0.1) is 5.69 Å². The van der Waals surface area contributed by atoms with E-state index >= 15 is 0 Å². The molecule has 7 aromatic rings. The van der Waals surface area contributed by atoms with Crippen LogP contribution in [0.3, 0.4) is 0 Å². The van der Waals surface area contributed by atoms with Gasteiger partial charge in [0.2, 0.25) is 11.8 Å². The standard InChI is InChI=1S/C28H18N2O2.C7H9NO/c1-3-7-25-23(5-1)29-27(31-25)21-15-11-19(12-16-21)9-10-20-13-17-22(18-14-20)28-30-24-6-2-4-8-26(24)32-28;1-5-2-3-7(9)6(8)4-5/h1-18H;2-4,9H,8H2,1H3/b10-9+;. The largest absolute Gasteiger partial charge is 0.506 e. The molecule has 0 fully saturated rings. The van der Waals surface area contributed by atoms with Crippen LogP contribution in [0.2, 0.25) is 0 Å². The number of nitrogens with zero attached hydrogens (tertiary/aromatic N) is 2. The van der Waals surface area contributed by atoms with Crippen LogP contribution in [0.5, 0.6) is 5.75 Å². The number of fused-ring (bicyclic) bond motifs is 2. The summed E-state index contributed by atoms with van der Waals surface area (Å²) in [6, 6.07) is 37.1. The van der Waals surface area contributed by atoms with Crippen molar-refractivity contribution in [2.75, 3.05) is 5.73 Å². The number of anilines is 1. The summed E-state index contributed by atoms with van der Waals surface area (Å²) in [6.45, 7) is 1.93. The van der Waals surface area contributed by atoms with Crippen molar-refractivity contribution in [3.8, 4) is 28.7 Å². The average molecular weight is 538 g/mol. The number of benzene rings is 5. The second-order valence-corrected chi connectivity index (χ2v) is 9.61. The maximum absolute atomic E-state index is 8.92. The molecule has 0 spiro atoms. The smallest absolute Gasteiger partial charge is 0.227 e. The molecular weight excluding hydrogens is 510 g/mol. The zero-order chi connectivity index (χ0) is 28.2. The van der Waals surface area contributed by atoms with Crippen molar-refractivity contribution in [3.05, 3.63) is 132 Å². The molecule has 7 rings (SSSR count). The zero-order valence-corrected chi connectivity index (χ0v) is 22.4.